The number of unbranched alkanes of at least 4 members (excludes halogenated alkanes) is 1. The van der Waals surface area contributed by atoms with Gasteiger partial charge < -0.3 is 15.2 Å². The number of nitrogens with one attached hydrogen (secondary N) is 3. The Bertz CT molecular complexity index is 1220. The number of hydrogen-bond donors (Lipinski definition) is 4. The fourth-order valence-electron chi connectivity index (χ4n) is 3.09. The summed E-state index contributed by atoms with van der Waals surface area (Å²) in [6, 6.07) is 18.5. The molecule has 0 aliphatic carbocycles. The Kier molecular flexibility index (Phi) is 8.32. The van der Waals surface area contributed by atoms with Gasteiger partial charge in [-0.25, -0.2) is 18.5 Å². The van der Waals surface area contributed by atoms with Gasteiger partial charge in [-0.2, -0.15) is 0 Å². The average Bonchev–Trinajstić information content (AvgIpc) is 2.79. The number of halogens is 1. The van der Waals surface area contributed by atoms with Crippen LogP contribution in [-0.4, -0.2) is 21.8 Å². The van der Waals surface area contributed by atoms with Crippen LogP contribution < -0.4 is 14.8 Å². The van der Waals surface area contributed by atoms with Crippen molar-refractivity contribution in [1.82, 2.24) is 4.72 Å². The van der Waals surface area contributed by atoms with Crippen molar-refractivity contribution in [3.63, 3.8) is 0 Å². The van der Waals surface area contributed by atoms with E-state index in [0.29, 0.717) is 23.0 Å². The Morgan fingerprint density at radius 3 is 2.55 bits per heavy atom. The average molecular weight is 488 g/mol. The van der Waals surface area contributed by atoms with E-state index in [0.717, 1.165) is 18.4 Å². The summed E-state index contributed by atoms with van der Waals surface area (Å²) in [5.41, 5.74) is 1.02. The fourth-order valence-corrected chi connectivity index (χ4v) is 4.54. The van der Waals surface area contributed by atoms with E-state index >= 15 is 0 Å². The number of anilines is 1. The minimum Gasteiger partial charge on any atom is -0.478 e. The molecule has 4 N–H and O–H groups in total. The van der Waals surface area contributed by atoms with Gasteiger partial charge >= 0.3 is 5.97 Å². The molecule has 1 unspecified atom stereocenters. The van der Waals surface area contributed by atoms with Gasteiger partial charge in [-0.05, 0) is 48.4 Å². The van der Waals surface area contributed by atoms with Crippen LogP contribution in [-0.2, 0) is 16.5 Å². The monoisotopic (exact) mass is 487 g/mol. The van der Waals surface area contributed by atoms with E-state index < -0.39 is 15.9 Å². The maximum absolute atomic E-state index is 13.5. The molecule has 0 radical (unpaired) electrons. The molecule has 1 atom stereocenters. The number of rotatable bonds is 11. The number of aromatic carboxylic acids is 1. The molecule has 0 spiro atoms. The lowest BCUT2D eigenvalue weighted by Crippen LogP contribution is -2.23. The predicted molar refractivity (Wildman–Crippen MR) is 131 cm³/mol. The van der Waals surface area contributed by atoms with Crippen molar-refractivity contribution in [3.8, 4) is 11.5 Å². The number of hydrogen-bond acceptors (Lipinski definition) is 5. The van der Waals surface area contributed by atoms with E-state index in [1.165, 1.54) is 12.1 Å². The highest BCUT2D eigenvalue weighted by atomic mass is 35.5. The molecule has 0 aliphatic rings. The molecule has 0 heterocycles. The summed E-state index contributed by atoms with van der Waals surface area (Å²) in [4.78, 5) is 11.7. The largest absolute Gasteiger partial charge is 0.478 e. The van der Waals surface area contributed by atoms with Gasteiger partial charge in [0.05, 0.1) is 11.3 Å². The van der Waals surface area contributed by atoms with Gasteiger partial charge in [-0.3, -0.25) is 0 Å². The fraction of sp³-hybridized carbons (Fsp3) is 0.208. The summed E-state index contributed by atoms with van der Waals surface area (Å²) >= 11 is 6.02. The molecule has 9 heteroatoms. The zero-order valence-electron chi connectivity index (χ0n) is 18.1. The molecule has 3 aromatic carbocycles. The SMILES string of the molecule is CCCCNc1cc(C(=O)O)cc(S(=N)(=O)NCc2cccc(Cl)c2)c1Oc1ccccc1. The number of ether oxygens (including phenoxy) is 1. The summed E-state index contributed by atoms with van der Waals surface area (Å²) in [7, 11) is -3.65. The van der Waals surface area contributed by atoms with E-state index in [1.807, 2.05) is 13.0 Å². The third kappa shape index (κ3) is 6.71. The van der Waals surface area contributed by atoms with Gasteiger partial charge in [-0.15, -0.1) is 0 Å². The lowest BCUT2D eigenvalue weighted by atomic mass is 10.1. The molecule has 0 bridgehead atoms. The first-order chi connectivity index (χ1) is 15.8. The summed E-state index contributed by atoms with van der Waals surface area (Å²) in [6.07, 6.45) is 1.78. The van der Waals surface area contributed by atoms with E-state index in [2.05, 4.69) is 10.0 Å². The first kappa shape index (κ1) is 24.6. The van der Waals surface area contributed by atoms with Crippen LogP contribution in [0.1, 0.15) is 35.7 Å². The summed E-state index contributed by atoms with van der Waals surface area (Å²) in [6.45, 7) is 2.71. The summed E-state index contributed by atoms with van der Waals surface area (Å²) in [5, 5.41) is 13.3. The van der Waals surface area contributed by atoms with Crippen molar-refractivity contribution in [2.75, 3.05) is 11.9 Å². The lowest BCUT2D eigenvalue weighted by molar-refractivity contribution is 0.0696. The molecule has 174 valence electrons. The Balaban J connectivity index is 2.06. The second-order valence-corrected chi connectivity index (χ2v) is 9.64. The Hall–Kier alpha value is -3.07. The topological polar surface area (TPSA) is 112 Å². The van der Waals surface area contributed by atoms with Gasteiger partial charge in [0.15, 0.2) is 5.75 Å². The standard InChI is InChI=1S/C24H26ClN3O4S/c1-2-3-12-27-21-14-18(24(29)30)15-22(23(21)32-20-10-5-4-6-11-20)33(26,31)28-16-17-8-7-9-19(25)13-17/h4-11,13-15,27H,2-3,12,16H2,1H3,(H,29,30)(H2,26,28,31). The quantitative estimate of drug-likeness (QED) is 0.242. The van der Waals surface area contributed by atoms with Gasteiger partial charge in [0, 0.05) is 18.1 Å². The zero-order chi connectivity index (χ0) is 23.8. The third-order valence-electron chi connectivity index (χ3n) is 4.79. The molecule has 0 saturated heterocycles. The minimum atomic E-state index is -3.65. The van der Waals surface area contributed by atoms with Gasteiger partial charge in [-0.1, -0.05) is 55.3 Å². The van der Waals surface area contributed by atoms with Crippen molar-refractivity contribution in [2.24, 2.45) is 0 Å². The normalized spacial score (nSPS) is 12.7. The van der Waals surface area contributed by atoms with Crippen LogP contribution in [0.4, 0.5) is 5.69 Å². The van der Waals surface area contributed by atoms with E-state index in [1.54, 1.807) is 48.5 Å². The molecule has 0 aliphatic heterocycles. The zero-order valence-corrected chi connectivity index (χ0v) is 19.7. The smallest absolute Gasteiger partial charge is 0.335 e. The minimum absolute atomic E-state index is 0.0488. The van der Waals surface area contributed by atoms with Crippen molar-refractivity contribution >= 4 is 33.2 Å². The number of benzene rings is 3. The number of para-hydroxylation sites is 1. The Labute approximate surface area is 198 Å². The molecule has 0 fully saturated rings. The predicted octanol–water partition coefficient (Wildman–Crippen LogP) is 6.15. The number of carboxylic acid groups (broad SMARTS) is 1. The van der Waals surface area contributed by atoms with E-state index in [-0.39, 0.29) is 22.8 Å². The van der Waals surface area contributed by atoms with Crippen LogP contribution in [0.15, 0.2) is 71.6 Å². The van der Waals surface area contributed by atoms with Crippen LogP contribution >= 0.6 is 11.6 Å². The van der Waals surface area contributed by atoms with E-state index in [9.17, 15) is 14.1 Å². The van der Waals surface area contributed by atoms with E-state index in [4.69, 9.17) is 21.1 Å². The van der Waals surface area contributed by atoms with Crippen LogP contribution in [0, 0.1) is 4.78 Å². The van der Waals surface area contributed by atoms with Gasteiger partial charge in [0.25, 0.3) is 0 Å². The molecule has 0 amide bonds. The molecule has 0 saturated carbocycles. The first-order valence-electron chi connectivity index (χ1n) is 10.5. The van der Waals surface area contributed by atoms with Crippen LogP contribution in [0.25, 0.3) is 0 Å². The summed E-state index contributed by atoms with van der Waals surface area (Å²) < 4.78 is 30.9. The van der Waals surface area contributed by atoms with Gasteiger partial charge in [0.1, 0.15) is 20.6 Å². The van der Waals surface area contributed by atoms with Crippen molar-refractivity contribution in [2.45, 2.75) is 31.2 Å². The molecule has 7 nitrogen and oxygen atoms in total. The van der Waals surface area contributed by atoms with Gasteiger partial charge in [0.2, 0.25) is 0 Å². The molecule has 3 rings (SSSR count). The number of carboxylic acids is 1. The Morgan fingerprint density at radius 1 is 1.12 bits per heavy atom. The van der Waals surface area contributed by atoms with Crippen molar-refractivity contribution in [1.29, 1.82) is 4.78 Å². The lowest BCUT2D eigenvalue weighted by Gasteiger charge is -2.20. The van der Waals surface area contributed by atoms with Crippen LogP contribution in [0.3, 0.4) is 0 Å². The highest BCUT2D eigenvalue weighted by molar-refractivity contribution is 7.90. The maximum atomic E-state index is 13.5. The van der Waals surface area contributed by atoms with Crippen LogP contribution in [0.2, 0.25) is 5.02 Å². The first-order valence-corrected chi connectivity index (χ1v) is 12.4. The molecule has 0 aromatic heterocycles. The molecular weight excluding hydrogens is 462 g/mol. The summed E-state index contributed by atoms with van der Waals surface area (Å²) in [5.74, 6) is -0.558. The second-order valence-electron chi connectivity index (χ2n) is 7.36. The maximum Gasteiger partial charge on any atom is 0.335 e. The number of carbonyl (C=O) groups is 1. The van der Waals surface area contributed by atoms with Crippen LogP contribution in [0.5, 0.6) is 11.5 Å². The molecule has 33 heavy (non-hydrogen) atoms. The second kappa shape index (κ2) is 11.2. The Morgan fingerprint density at radius 2 is 1.88 bits per heavy atom. The van der Waals surface area contributed by atoms with Crippen molar-refractivity contribution in [3.05, 3.63) is 82.9 Å². The van der Waals surface area contributed by atoms with Crippen molar-refractivity contribution < 1.29 is 18.8 Å². The third-order valence-corrected chi connectivity index (χ3v) is 6.50. The molecule has 3 aromatic rings. The molecular formula is C24H26ClN3O4S. The highest BCUT2D eigenvalue weighted by Crippen LogP contribution is 2.38. The highest BCUT2D eigenvalue weighted by Gasteiger charge is 2.24.